The maximum absolute atomic E-state index is 5.58. The molecule has 2 aromatic heterocycles. The maximum Gasteiger partial charge on any atom is 0.131 e. The van der Waals surface area contributed by atoms with Gasteiger partial charge in [0.25, 0.3) is 0 Å². The Hall–Kier alpha value is -1.66. The molecule has 3 N–H and O–H groups in total. The molecule has 0 aliphatic rings. The zero-order valence-corrected chi connectivity index (χ0v) is 9.46. The monoisotopic (exact) mass is 220 g/mol. The van der Waals surface area contributed by atoms with E-state index in [9.17, 15) is 0 Å². The Morgan fingerprint density at radius 2 is 2.38 bits per heavy atom. The Labute approximate surface area is 94.1 Å². The lowest BCUT2D eigenvalue weighted by Gasteiger charge is -2.13. The summed E-state index contributed by atoms with van der Waals surface area (Å²) in [6.07, 6.45) is 7.43. The number of rotatable bonds is 4. The molecule has 0 saturated heterocycles. The van der Waals surface area contributed by atoms with Gasteiger partial charge in [-0.1, -0.05) is 0 Å². The van der Waals surface area contributed by atoms with Crippen LogP contribution in [0.1, 0.15) is 24.4 Å². The van der Waals surface area contributed by atoms with Crippen LogP contribution in [0.2, 0.25) is 0 Å². The van der Waals surface area contributed by atoms with E-state index in [1.165, 1.54) is 0 Å². The van der Waals surface area contributed by atoms with Gasteiger partial charge in [0, 0.05) is 37.7 Å². The van der Waals surface area contributed by atoms with Crippen LogP contribution in [-0.2, 0) is 13.6 Å². The van der Waals surface area contributed by atoms with Crippen molar-refractivity contribution in [1.82, 2.24) is 24.8 Å². The SMILES string of the molecule is CCn1cc(C(NN)c2nccn2C)cn1. The second kappa shape index (κ2) is 4.46. The fraction of sp³-hybridized carbons (Fsp3) is 0.400. The molecule has 0 spiro atoms. The molecule has 1 unspecified atom stereocenters. The Morgan fingerprint density at radius 3 is 2.88 bits per heavy atom. The molecule has 2 heterocycles. The van der Waals surface area contributed by atoms with Crippen LogP contribution in [0, 0.1) is 0 Å². The van der Waals surface area contributed by atoms with Gasteiger partial charge in [0.05, 0.1) is 6.20 Å². The lowest BCUT2D eigenvalue weighted by Crippen LogP contribution is -2.30. The lowest BCUT2D eigenvalue weighted by molar-refractivity contribution is 0.578. The number of hydrazine groups is 1. The molecule has 6 heteroatoms. The Kier molecular flexibility index (Phi) is 3.02. The van der Waals surface area contributed by atoms with Gasteiger partial charge in [-0.05, 0) is 6.92 Å². The summed E-state index contributed by atoms with van der Waals surface area (Å²) in [7, 11) is 1.94. The molecule has 1 atom stereocenters. The number of hydrogen-bond donors (Lipinski definition) is 2. The molecule has 0 aliphatic heterocycles. The smallest absolute Gasteiger partial charge is 0.131 e. The molecule has 0 aliphatic carbocycles. The summed E-state index contributed by atoms with van der Waals surface area (Å²) in [6.45, 7) is 2.89. The number of nitrogens with two attached hydrogens (primary N) is 1. The third-order valence-corrected chi connectivity index (χ3v) is 2.59. The van der Waals surface area contributed by atoms with Gasteiger partial charge in [0.2, 0.25) is 0 Å². The van der Waals surface area contributed by atoms with Crippen molar-refractivity contribution in [2.24, 2.45) is 12.9 Å². The number of aromatic nitrogens is 4. The molecule has 86 valence electrons. The van der Waals surface area contributed by atoms with Gasteiger partial charge in [0.1, 0.15) is 11.9 Å². The number of hydrogen-bond acceptors (Lipinski definition) is 4. The number of nitrogens with zero attached hydrogens (tertiary/aromatic N) is 4. The van der Waals surface area contributed by atoms with Crippen LogP contribution in [-0.4, -0.2) is 19.3 Å². The van der Waals surface area contributed by atoms with Crippen molar-refractivity contribution < 1.29 is 0 Å². The first kappa shape index (κ1) is 10.8. The second-order valence-electron chi connectivity index (χ2n) is 3.63. The van der Waals surface area contributed by atoms with Crippen molar-refractivity contribution in [3.05, 3.63) is 36.2 Å². The average Bonchev–Trinajstić information content (AvgIpc) is 2.90. The van der Waals surface area contributed by atoms with Crippen LogP contribution < -0.4 is 11.3 Å². The molecule has 16 heavy (non-hydrogen) atoms. The van der Waals surface area contributed by atoms with Gasteiger partial charge in [-0.2, -0.15) is 5.10 Å². The van der Waals surface area contributed by atoms with E-state index in [0.717, 1.165) is 17.9 Å². The maximum atomic E-state index is 5.58. The van der Waals surface area contributed by atoms with Crippen molar-refractivity contribution >= 4 is 0 Å². The highest BCUT2D eigenvalue weighted by Crippen LogP contribution is 2.18. The van der Waals surface area contributed by atoms with Crippen molar-refractivity contribution in [1.29, 1.82) is 0 Å². The second-order valence-corrected chi connectivity index (χ2v) is 3.63. The first-order chi connectivity index (χ1) is 7.76. The predicted molar refractivity (Wildman–Crippen MR) is 60.3 cm³/mol. The van der Waals surface area contributed by atoms with Crippen LogP contribution in [0.15, 0.2) is 24.8 Å². The lowest BCUT2D eigenvalue weighted by atomic mass is 10.1. The normalized spacial score (nSPS) is 12.9. The zero-order valence-electron chi connectivity index (χ0n) is 9.46. The molecule has 0 radical (unpaired) electrons. The Bertz CT molecular complexity index is 457. The van der Waals surface area contributed by atoms with Crippen molar-refractivity contribution in [2.45, 2.75) is 19.5 Å². The highest BCUT2D eigenvalue weighted by molar-refractivity contribution is 5.19. The molecule has 0 fully saturated rings. The number of nitrogens with one attached hydrogen (secondary N) is 1. The molecule has 6 nitrogen and oxygen atoms in total. The first-order valence-electron chi connectivity index (χ1n) is 5.22. The van der Waals surface area contributed by atoms with Crippen molar-refractivity contribution in [3.63, 3.8) is 0 Å². The summed E-state index contributed by atoms with van der Waals surface area (Å²) in [4.78, 5) is 4.28. The van der Waals surface area contributed by atoms with E-state index in [4.69, 9.17) is 5.84 Å². The highest BCUT2D eigenvalue weighted by atomic mass is 15.3. The Balaban J connectivity index is 2.32. The minimum atomic E-state index is -0.125. The summed E-state index contributed by atoms with van der Waals surface area (Å²) in [5, 5.41) is 4.23. The summed E-state index contributed by atoms with van der Waals surface area (Å²) in [5.41, 5.74) is 3.77. The minimum Gasteiger partial charge on any atom is -0.336 e. The predicted octanol–water partition coefficient (Wildman–Crippen LogP) is 0.189. The van der Waals surface area contributed by atoms with Crippen LogP contribution in [0.5, 0.6) is 0 Å². The zero-order chi connectivity index (χ0) is 11.5. The molecule has 0 aromatic carbocycles. The van der Waals surface area contributed by atoms with Crippen LogP contribution in [0.25, 0.3) is 0 Å². The van der Waals surface area contributed by atoms with Crippen LogP contribution in [0.3, 0.4) is 0 Å². The highest BCUT2D eigenvalue weighted by Gasteiger charge is 2.17. The topological polar surface area (TPSA) is 73.7 Å². The van der Waals surface area contributed by atoms with Gasteiger partial charge in [-0.15, -0.1) is 0 Å². The first-order valence-corrected chi connectivity index (χ1v) is 5.22. The van der Waals surface area contributed by atoms with E-state index < -0.39 is 0 Å². The molecule has 2 rings (SSSR count). The van der Waals surface area contributed by atoms with E-state index >= 15 is 0 Å². The molecule has 0 saturated carbocycles. The molecular weight excluding hydrogens is 204 g/mol. The number of imidazole rings is 1. The summed E-state index contributed by atoms with van der Waals surface area (Å²) < 4.78 is 3.80. The molecule has 0 amide bonds. The minimum absolute atomic E-state index is 0.125. The molecular formula is C10H16N6. The van der Waals surface area contributed by atoms with Gasteiger partial charge in [-0.25, -0.2) is 10.4 Å². The Morgan fingerprint density at radius 1 is 1.56 bits per heavy atom. The van der Waals surface area contributed by atoms with E-state index in [1.807, 2.05) is 41.8 Å². The summed E-state index contributed by atoms with van der Waals surface area (Å²) in [6, 6.07) is -0.125. The van der Waals surface area contributed by atoms with Crippen LogP contribution >= 0.6 is 0 Å². The van der Waals surface area contributed by atoms with E-state index in [1.54, 1.807) is 6.20 Å². The number of aryl methyl sites for hydroxylation is 2. The molecule has 0 bridgehead atoms. The van der Waals surface area contributed by atoms with Gasteiger partial charge in [-0.3, -0.25) is 10.5 Å². The summed E-state index contributed by atoms with van der Waals surface area (Å²) >= 11 is 0. The van der Waals surface area contributed by atoms with Crippen LogP contribution in [0.4, 0.5) is 0 Å². The van der Waals surface area contributed by atoms with E-state index in [2.05, 4.69) is 15.5 Å². The van der Waals surface area contributed by atoms with Crippen molar-refractivity contribution in [2.75, 3.05) is 0 Å². The largest absolute Gasteiger partial charge is 0.336 e. The van der Waals surface area contributed by atoms with E-state index in [-0.39, 0.29) is 6.04 Å². The fourth-order valence-electron chi connectivity index (χ4n) is 1.68. The van der Waals surface area contributed by atoms with Gasteiger partial charge >= 0.3 is 0 Å². The standard InChI is InChI=1S/C10H16N6/c1-3-16-7-8(6-13-16)9(14-11)10-12-4-5-15(10)2/h4-7,9,14H,3,11H2,1-2H3. The summed E-state index contributed by atoms with van der Waals surface area (Å²) in [5.74, 6) is 6.45. The van der Waals surface area contributed by atoms with Crippen molar-refractivity contribution in [3.8, 4) is 0 Å². The third-order valence-electron chi connectivity index (χ3n) is 2.59. The average molecular weight is 220 g/mol. The fourth-order valence-corrected chi connectivity index (χ4v) is 1.68. The van der Waals surface area contributed by atoms with E-state index in [0.29, 0.717) is 0 Å². The third kappa shape index (κ3) is 1.84. The molecule has 2 aromatic rings. The quantitative estimate of drug-likeness (QED) is 0.570. The van der Waals surface area contributed by atoms with Gasteiger partial charge < -0.3 is 4.57 Å². The van der Waals surface area contributed by atoms with Gasteiger partial charge in [0.15, 0.2) is 0 Å².